The molecule has 8 heteroatoms. The van der Waals surface area contributed by atoms with Crippen molar-refractivity contribution in [3.8, 4) is 5.75 Å². The third-order valence-corrected chi connectivity index (χ3v) is 5.87. The molecule has 0 N–H and O–H groups in total. The lowest BCUT2D eigenvalue weighted by atomic mass is 9.94. The minimum Gasteiger partial charge on any atom is -0.490 e. The van der Waals surface area contributed by atoms with Gasteiger partial charge in [0.05, 0.1) is 18.3 Å². The van der Waals surface area contributed by atoms with Crippen molar-refractivity contribution in [1.82, 2.24) is 15.1 Å². The predicted molar refractivity (Wildman–Crippen MR) is 111 cm³/mol. The van der Waals surface area contributed by atoms with E-state index in [0.717, 1.165) is 63.2 Å². The van der Waals surface area contributed by atoms with Gasteiger partial charge in [0.1, 0.15) is 10.9 Å². The fraction of sp³-hybridized carbons (Fsp3) is 0.667. The summed E-state index contributed by atoms with van der Waals surface area (Å²) in [6.07, 6.45) is 8.59. The Balaban J connectivity index is 1.18. The number of hydrogen-bond acceptors (Lipinski definition) is 7. The lowest BCUT2D eigenvalue weighted by Crippen LogP contribution is -2.39. The molecule has 2 aromatic heterocycles. The van der Waals surface area contributed by atoms with Gasteiger partial charge >= 0.3 is 6.01 Å². The summed E-state index contributed by atoms with van der Waals surface area (Å²) in [7, 11) is 0. The summed E-state index contributed by atoms with van der Waals surface area (Å²) in [5, 5.41) is 4.53. The molecule has 0 bridgehead atoms. The quantitative estimate of drug-likeness (QED) is 0.631. The number of piperidine rings is 1. The highest BCUT2D eigenvalue weighted by atomic mass is 35.5. The molecule has 158 valence electrons. The summed E-state index contributed by atoms with van der Waals surface area (Å²) in [6.45, 7) is 5.93. The van der Waals surface area contributed by atoms with Crippen LogP contribution in [0.25, 0.3) is 0 Å². The van der Waals surface area contributed by atoms with Crippen LogP contribution in [0.2, 0.25) is 5.15 Å². The molecule has 4 rings (SSSR count). The molecule has 3 heterocycles. The van der Waals surface area contributed by atoms with E-state index in [1.807, 2.05) is 6.07 Å². The number of rotatable bonds is 6. The lowest BCUT2D eigenvalue weighted by molar-refractivity contribution is -0.0530. The first kappa shape index (κ1) is 20.4. The van der Waals surface area contributed by atoms with Crippen molar-refractivity contribution in [2.75, 3.05) is 18.0 Å². The largest absolute Gasteiger partial charge is 0.490 e. The normalized spacial score (nSPS) is 23.5. The molecule has 7 nitrogen and oxygen atoms in total. The van der Waals surface area contributed by atoms with Crippen LogP contribution in [0.1, 0.15) is 64.1 Å². The SMILES string of the molecule is CC(C)c1noc(N2CCC(OC3CCC(Oc4ccnc(Cl)c4)CC3)CC2)n1. The monoisotopic (exact) mass is 420 g/mol. The third kappa shape index (κ3) is 5.39. The molecule has 0 spiro atoms. The predicted octanol–water partition coefficient (Wildman–Crippen LogP) is 4.62. The molecule has 0 amide bonds. The summed E-state index contributed by atoms with van der Waals surface area (Å²) in [6, 6.07) is 4.27. The van der Waals surface area contributed by atoms with Gasteiger partial charge in [0.25, 0.3) is 0 Å². The van der Waals surface area contributed by atoms with Crippen LogP contribution in [0.3, 0.4) is 0 Å². The van der Waals surface area contributed by atoms with Crippen LogP contribution in [0.4, 0.5) is 6.01 Å². The Hall–Kier alpha value is -1.86. The smallest absolute Gasteiger partial charge is 0.324 e. The highest BCUT2D eigenvalue weighted by molar-refractivity contribution is 6.29. The number of halogens is 1. The maximum Gasteiger partial charge on any atom is 0.324 e. The number of aromatic nitrogens is 3. The molecule has 2 aliphatic rings. The highest BCUT2D eigenvalue weighted by Crippen LogP contribution is 2.29. The van der Waals surface area contributed by atoms with Gasteiger partial charge in [-0.25, -0.2) is 4.98 Å². The van der Waals surface area contributed by atoms with Crippen molar-refractivity contribution in [2.24, 2.45) is 0 Å². The second-order valence-electron chi connectivity index (χ2n) is 8.24. The molecule has 0 atom stereocenters. The molecular formula is C21H29ClN4O3. The second kappa shape index (κ2) is 9.30. The fourth-order valence-electron chi connectivity index (χ4n) is 3.98. The maximum absolute atomic E-state index is 6.40. The van der Waals surface area contributed by atoms with E-state index in [1.165, 1.54) is 0 Å². The van der Waals surface area contributed by atoms with E-state index < -0.39 is 0 Å². The van der Waals surface area contributed by atoms with Crippen molar-refractivity contribution in [3.05, 3.63) is 29.3 Å². The van der Waals surface area contributed by atoms with E-state index in [1.54, 1.807) is 12.3 Å². The molecule has 0 radical (unpaired) electrons. The van der Waals surface area contributed by atoms with E-state index in [4.69, 9.17) is 25.6 Å². The number of hydrogen-bond donors (Lipinski definition) is 0. The van der Waals surface area contributed by atoms with Crippen LogP contribution in [0, 0.1) is 0 Å². The zero-order chi connectivity index (χ0) is 20.2. The fourth-order valence-corrected chi connectivity index (χ4v) is 4.15. The minimum absolute atomic E-state index is 0.225. The van der Waals surface area contributed by atoms with Crippen molar-refractivity contribution in [2.45, 2.75) is 76.6 Å². The first-order valence-electron chi connectivity index (χ1n) is 10.6. The van der Waals surface area contributed by atoms with Crippen molar-refractivity contribution in [1.29, 1.82) is 0 Å². The number of anilines is 1. The van der Waals surface area contributed by atoms with E-state index >= 15 is 0 Å². The number of nitrogens with zero attached hydrogens (tertiary/aromatic N) is 4. The summed E-state index contributed by atoms with van der Waals surface area (Å²) in [5.74, 6) is 1.85. The summed E-state index contributed by atoms with van der Waals surface area (Å²) < 4.78 is 17.9. The molecule has 29 heavy (non-hydrogen) atoms. The third-order valence-electron chi connectivity index (χ3n) is 5.67. The zero-order valence-corrected chi connectivity index (χ0v) is 17.8. The van der Waals surface area contributed by atoms with Gasteiger partial charge in [-0.1, -0.05) is 30.6 Å². The van der Waals surface area contributed by atoms with Crippen molar-refractivity contribution in [3.63, 3.8) is 0 Å². The topological polar surface area (TPSA) is 73.5 Å². The Bertz CT molecular complexity index is 784. The summed E-state index contributed by atoms with van der Waals surface area (Å²) >= 11 is 5.93. The maximum atomic E-state index is 6.40. The molecule has 1 aliphatic carbocycles. The van der Waals surface area contributed by atoms with Gasteiger partial charge in [-0.15, -0.1) is 0 Å². The zero-order valence-electron chi connectivity index (χ0n) is 17.1. The average molecular weight is 421 g/mol. The van der Waals surface area contributed by atoms with Gasteiger partial charge in [0.15, 0.2) is 5.82 Å². The van der Waals surface area contributed by atoms with E-state index in [2.05, 4.69) is 33.9 Å². The molecule has 1 saturated carbocycles. The van der Waals surface area contributed by atoms with Crippen LogP contribution in [0.15, 0.2) is 22.9 Å². The Morgan fingerprint density at radius 3 is 2.41 bits per heavy atom. The molecular weight excluding hydrogens is 392 g/mol. The Morgan fingerprint density at radius 1 is 1.07 bits per heavy atom. The first-order valence-corrected chi connectivity index (χ1v) is 11.0. The van der Waals surface area contributed by atoms with Gasteiger partial charge in [0.2, 0.25) is 0 Å². The molecule has 1 aliphatic heterocycles. The lowest BCUT2D eigenvalue weighted by Gasteiger charge is -2.35. The molecule has 0 aromatic carbocycles. The second-order valence-corrected chi connectivity index (χ2v) is 8.63. The van der Waals surface area contributed by atoms with Crippen molar-refractivity contribution >= 4 is 17.6 Å². The average Bonchev–Trinajstić information content (AvgIpc) is 3.21. The number of ether oxygens (including phenoxy) is 2. The first-order chi connectivity index (χ1) is 14.1. The van der Waals surface area contributed by atoms with Crippen molar-refractivity contribution < 1.29 is 14.0 Å². The number of pyridine rings is 1. The van der Waals surface area contributed by atoms with Gasteiger partial charge in [-0.2, -0.15) is 4.98 Å². The molecule has 1 saturated heterocycles. The molecule has 2 fully saturated rings. The van der Waals surface area contributed by atoms with E-state index in [0.29, 0.717) is 23.4 Å². The molecule has 0 unspecified atom stereocenters. The minimum atomic E-state index is 0.225. The molecule has 2 aromatic rings. The van der Waals surface area contributed by atoms with Crippen LogP contribution in [-0.4, -0.2) is 46.5 Å². The van der Waals surface area contributed by atoms with E-state index in [-0.39, 0.29) is 12.0 Å². The van der Waals surface area contributed by atoms with Gasteiger partial charge < -0.3 is 18.9 Å². The Kier molecular flexibility index (Phi) is 6.55. The van der Waals surface area contributed by atoms with Gasteiger partial charge in [-0.3, -0.25) is 0 Å². The highest BCUT2D eigenvalue weighted by Gasteiger charge is 2.29. The Labute approximate surface area is 176 Å². The van der Waals surface area contributed by atoms with Crippen LogP contribution < -0.4 is 9.64 Å². The van der Waals surface area contributed by atoms with Gasteiger partial charge in [-0.05, 0) is 44.6 Å². The Morgan fingerprint density at radius 2 is 1.76 bits per heavy atom. The van der Waals surface area contributed by atoms with Crippen LogP contribution in [-0.2, 0) is 4.74 Å². The van der Waals surface area contributed by atoms with Crippen LogP contribution in [0.5, 0.6) is 5.75 Å². The summed E-state index contributed by atoms with van der Waals surface area (Å²) in [4.78, 5) is 10.7. The van der Waals surface area contributed by atoms with E-state index in [9.17, 15) is 0 Å². The van der Waals surface area contributed by atoms with Gasteiger partial charge in [0, 0.05) is 31.3 Å². The van der Waals surface area contributed by atoms with Crippen LogP contribution >= 0.6 is 11.6 Å². The summed E-state index contributed by atoms with van der Waals surface area (Å²) in [5.41, 5.74) is 0. The standard InChI is InChI=1S/C21H29ClN4O3/c1-14(2)20-24-21(29-25-20)26-11-8-17(9-12-26)27-15-3-5-16(6-4-15)28-18-7-10-23-19(22)13-18/h7,10,13-17H,3-6,8-9,11-12H2,1-2H3.